The van der Waals surface area contributed by atoms with Crippen LogP contribution in [0.5, 0.6) is 0 Å². The van der Waals surface area contributed by atoms with E-state index in [4.69, 9.17) is 9.47 Å². The Bertz CT molecular complexity index is 614. The normalized spacial score (nSPS) is 27.3. The van der Waals surface area contributed by atoms with Crippen molar-refractivity contribution < 1.29 is 29.6 Å². The van der Waals surface area contributed by atoms with Crippen molar-refractivity contribution in [3.05, 3.63) is 47.5 Å². The lowest BCUT2D eigenvalue weighted by atomic mass is 10.0. The number of carboxylic acids is 1. The van der Waals surface area contributed by atoms with E-state index in [-0.39, 0.29) is 18.6 Å². The van der Waals surface area contributed by atoms with Crippen LogP contribution in [0.2, 0.25) is 0 Å². The van der Waals surface area contributed by atoms with Crippen LogP contribution in [0.25, 0.3) is 0 Å². The summed E-state index contributed by atoms with van der Waals surface area (Å²) in [4.78, 5) is 11.4. The van der Waals surface area contributed by atoms with Gasteiger partial charge in [-0.25, -0.2) is 4.79 Å². The van der Waals surface area contributed by atoms with E-state index >= 15 is 0 Å². The van der Waals surface area contributed by atoms with Crippen molar-refractivity contribution in [2.45, 2.75) is 76.7 Å². The lowest BCUT2D eigenvalue weighted by Gasteiger charge is -2.36. The molecule has 6 heteroatoms. The molecule has 0 radical (unpaired) electrons. The van der Waals surface area contributed by atoms with Crippen molar-refractivity contribution in [3.8, 4) is 0 Å². The predicted octanol–water partition coefficient (Wildman–Crippen LogP) is 2.67. The van der Waals surface area contributed by atoms with Gasteiger partial charge in [-0.1, -0.05) is 36.4 Å². The van der Waals surface area contributed by atoms with Gasteiger partial charge in [0.2, 0.25) is 0 Å². The highest BCUT2D eigenvalue weighted by atomic mass is 16.7. The van der Waals surface area contributed by atoms with Gasteiger partial charge in [-0.15, -0.1) is 0 Å². The highest BCUT2D eigenvalue weighted by molar-refractivity contribution is 5.86. The zero-order valence-electron chi connectivity index (χ0n) is 16.0. The summed E-state index contributed by atoms with van der Waals surface area (Å²) in [5.41, 5.74) is 1.51. The maximum Gasteiger partial charge on any atom is 0.331 e. The predicted molar refractivity (Wildman–Crippen MR) is 101 cm³/mol. The van der Waals surface area contributed by atoms with Crippen LogP contribution in [-0.4, -0.2) is 52.0 Å². The number of ether oxygens (including phenoxy) is 2. The molecule has 0 bridgehead atoms. The lowest BCUT2D eigenvalue weighted by molar-refractivity contribution is -0.273. The quantitative estimate of drug-likeness (QED) is 0.572. The minimum atomic E-state index is -0.895. The summed E-state index contributed by atoms with van der Waals surface area (Å²) >= 11 is 0. The van der Waals surface area contributed by atoms with Gasteiger partial charge in [0.1, 0.15) is 6.10 Å². The smallest absolute Gasteiger partial charge is 0.331 e. The number of aliphatic hydroxyl groups excluding tert-OH is 2. The van der Waals surface area contributed by atoms with Crippen molar-refractivity contribution in [1.29, 1.82) is 0 Å². The molecule has 1 aromatic rings. The highest BCUT2D eigenvalue weighted by Gasteiger charge is 2.35. The molecule has 0 spiro atoms. The first-order valence-electron chi connectivity index (χ1n) is 9.50. The molecule has 0 aromatic heterocycles. The van der Waals surface area contributed by atoms with Gasteiger partial charge >= 0.3 is 5.97 Å². The minimum absolute atomic E-state index is 0.201. The maximum absolute atomic E-state index is 11.4. The van der Waals surface area contributed by atoms with Gasteiger partial charge < -0.3 is 24.8 Å². The fourth-order valence-electron chi connectivity index (χ4n) is 3.08. The molecule has 1 fully saturated rings. The summed E-state index contributed by atoms with van der Waals surface area (Å²) in [6.07, 6.45) is 1.41. The van der Waals surface area contributed by atoms with E-state index in [1.165, 1.54) is 0 Å². The van der Waals surface area contributed by atoms with Crippen LogP contribution in [0.4, 0.5) is 0 Å². The van der Waals surface area contributed by atoms with Crippen molar-refractivity contribution >= 4 is 5.97 Å². The SMILES string of the molecule is C[C@H](CC/C=C(\CCc1ccccc1)C(=O)O)O[C@@H]1O[C@@H](C)[C@H](O)C[C@H]1O. The molecule has 5 atom stereocenters. The fourth-order valence-corrected chi connectivity index (χ4v) is 3.08. The third-order valence-electron chi connectivity index (χ3n) is 4.82. The van der Waals surface area contributed by atoms with Crippen LogP contribution in [0.1, 0.15) is 45.1 Å². The topological polar surface area (TPSA) is 96.2 Å². The Kier molecular flexibility index (Phi) is 8.44. The number of carboxylic acid groups (broad SMARTS) is 1. The van der Waals surface area contributed by atoms with Crippen LogP contribution < -0.4 is 0 Å². The molecular weight excluding hydrogens is 348 g/mol. The van der Waals surface area contributed by atoms with Gasteiger partial charge in [0.25, 0.3) is 0 Å². The molecule has 0 amide bonds. The van der Waals surface area contributed by atoms with E-state index in [0.29, 0.717) is 31.3 Å². The molecule has 0 saturated carbocycles. The summed E-state index contributed by atoms with van der Waals surface area (Å²) in [5, 5.41) is 29.0. The molecule has 3 N–H and O–H groups in total. The van der Waals surface area contributed by atoms with E-state index in [2.05, 4.69) is 0 Å². The second-order valence-electron chi connectivity index (χ2n) is 7.12. The largest absolute Gasteiger partial charge is 0.478 e. The van der Waals surface area contributed by atoms with Gasteiger partial charge in [0.15, 0.2) is 6.29 Å². The van der Waals surface area contributed by atoms with Crippen molar-refractivity contribution in [2.24, 2.45) is 0 Å². The van der Waals surface area contributed by atoms with Gasteiger partial charge in [0, 0.05) is 12.0 Å². The van der Waals surface area contributed by atoms with Gasteiger partial charge in [-0.2, -0.15) is 0 Å². The summed E-state index contributed by atoms with van der Waals surface area (Å²) in [5.74, 6) is -0.895. The van der Waals surface area contributed by atoms with Crippen molar-refractivity contribution in [2.75, 3.05) is 0 Å². The number of allylic oxidation sites excluding steroid dienone is 1. The molecular formula is C21H30O6. The fraction of sp³-hybridized carbons (Fsp3) is 0.571. The lowest BCUT2D eigenvalue weighted by Crippen LogP contribution is -2.48. The number of carbonyl (C=O) groups is 1. The van der Waals surface area contributed by atoms with E-state index < -0.39 is 24.5 Å². The Labute approximate surface area is 160 Å². The zero-order valence-corrected chi connectivity index (χ0v) is 16.0. The first-order valence-corrected chi connectivity index (χ1v) is 9.50. The van der Waals surface area contributed by atoms with E-state index in [1.54, 1.807) is 13.0 Å². The molecule has 1 saturated heterocycles. The molecule has 1 aliphatic heterocycles. The number of aliphatic carboxylic acids is 1. The van der Waals surface area contributed by atoms with Crippen molar-refractivity contribution in [1.82, 2.24) is 0 Å². The number of benzene rings is 1. The minimum Gasteiger partial charge on any atom is -0.478 e. The molecule has 6 nitrogen and oxygen atoms in total. The molecule has 1 aromatic carbocycles. The number of hydrogen-bond donors (Lipinski definition) is 3. The molecule has 27 heavy (non-hydrogen) atoms. The highest BCUT2D eigenvalue weighted by Crippen LogP contribution is 2.23. The van der Waals surface area contributed by atoms with E-state index in [0.717, 1.165) is 5.56 Å². The first kappa shape index (κ1) is 21.6. The molecule has 0 unspecified atom stereocenters. The van der Waals surface area contributed by atoms with Gasteiger partial charge in [0.05, 0.1) is 18.3 Å². The molecule has 1 heterocycles. The average molecular weight is 378 g/mol. The third-order valence-corrected chi connectivity index (χ3v) is 4.82. The van der Waals surface area contributed by atoms with Gasteiger partial charge in [-0.05, 0) is 45.1 Å². The number of hydrogen-bond acceptors (Lipinski definition) is 5. The zero-order chi connectivity index (χ0) is 19.8. The number of aryl methyl sites for hydroxylation is 1. The summed E-state index contributed by atoms with van der Waals surface area (Å²) in [6, 6.07) is 9.80. The standard InChI is InChI=1S/C21H30O6/c1-14(26-21-19(23)13-18(22)15(2)27-21)7-6-10-17(20(24)25)12-11-16-8-4-3-5-9-16/h3-5,8-10,14-15,18-19,21-23H,6-7,11-13H2,1-2H3,(H,24,25)/b17-10+/t14-,15+,18-,19-,21-/m1/s1. The Morgan fingerprint density at radius 1 is 1.30 bits per heavy atom. The first-order chi connectivity index (χ1) is 12.9. The number of rotatable bonds is 9. The van der Waals surface area contributed by atoms with Crippen LogP contribution in [0.3, 0.4) is 0 Å². The summed E-state index contributed by atoms with van der Waals surface area (Å²) < 4.78 is 11.2. The molecule has 2 rings (SSSR count). The summed E-state index contributed by atoms with van der Waals surface area (Å²) in [6.45, 7) is 3.61. The van der Waals surface area contributed by atoms with Crippen LogP contribution in [0, 0.1) is 0 Å². The molecule has 150 valence electrons. The number of aliphatic hydroxyl groups is 2. The Morgan fingerprint density at radius 3 is 2.67 bits per heavy atom. The maximum atomic E-state index is 11.4. The van der Waals surface area contributed by atoms with Crippen LogP contribution in [-0.2, 0) is 20.7 Å². The molecule has 0 aliphatic carbocycles. The second kappa shape index (κ2) is 10.6. The Hall–Kier alpha value is -1.73. The Morgan fingerprint density at radius 2 is 2.00 bits per heavy atom. The van der Waals surface area contributed by atoms with E-state index in [1.807, 2.05) is 37.3 Å². The van der Waals surface area contributed by atoms with Crippen LogP contribution >= 0.6 is 0 Å². The third kappa shape index (κ3) is 7.07. The van der Waals surface area contributed by atoms with Gasteiger partial charge in [-0.3, -0.25) is 0 Å². The average Bonchev–Trinajstić information content (AvgIpc) is 2.63. The summed E-state index contributed by atoms with van der Waals surface area (Å²) in [7, 11) is 0. The Balaban J connectivity index is 1.79. The van der Waals surface area contributed by atoms with Crippen molar-refractivity contribution in [3.63, 3.8) is 0 Å². The monoisotopic (exact) mass is 378 g/mol. The second-order valence-corrected chi connectivity index (χ2v) is 7.12. The van der Waals surface area contributed by atoms with E-state index in [9.17, 15) is 20.1 Å². The molecule has 1 aliphatic rings. The van der Waals surface area contributed by atoms with Crippen LogP contribution in [0.15, 0.2) is 42.0 Å².